The van der Waals surface area contributed by atoms with E-state index in [2.05, 4.69) is 39.7 Å². The Bertz CT molecular complexity index is 636. The fraction of sp³-hybridized carbons (Fsp3) is 0.471. The zero-order valence-electron chi connectivity index (χ0n) is 12.5. The number of carbonyl (C=O) groups is 1. The summed E-state index contributed by atoms with van der Waals surface area (Å²) in [7, 11) is 0. The Morgan fingerprint density at radius 3 is 2.59 bits per heavy atom. The van der Waals surface area contributed by atoms with Crippen LogP contribution in [0.15, 0.2) is 36.9 Å². The molecule has 22 heavy (non-hydrogen) atoms. The SMILES string of the molecule is O=C(NC1CC(Cn2cncn2)C1)C1Cc2ccccc2C1. The van der Waals surface area contributed by atoms with Crippen molar-refractivity contribution in [2.45, 2.75) is 38.3 Å². The largest absolute Gasteiger partial charge is 0.353 e. The van der Waals surface area contributed by atoms with Crippen LogP contribution in [-0.2, 0) is 24.2 Å². The molecule has 1 N–H and O–H groups in total. The van der Waals surface area contributed by atoms with Crippen molar-refractivity contribution in [2.24, 2.45) is 11.8 Å². The number of nitrogens with zero attached hydrogens (tertiary/aromatic N) is 3. The summed E-state index contributed by atoms with van der Waals surface area (Å²) in [6.45, 7) is 0.904. The number of carbonyl (C=O) groups excluding carboxylic acids is 1. The van der Waals surface area contributed by atoms with Crippen LogP contribution >= 0.6 is 0 Å². The van der Waals surface area contributed by atoms with E-state index in [9.17, 15) is 4.79 Å². The number of nitrogens with one attached hydrogen (secondary N) is 1. The van der Waals surface area contributed by atoms with Gasteiger partial charge in [0.1, 0.15) is 12.7 Å². The molecule has 0 spiro atoms. The maximum atomic E-state index is 12.4. The molecule has 1 fully saturated rings. The van der Waals surface area contributed by atoms with E-state index in [1.165, 1.54) is 11.1 Å². The molecule has 4 rings (SSSR count). The number of hydrogen-bond acceptors (Lipinski definition) is 3. The molecule has 2 aliphatic rings. The summed E-state index contributed by atoms with van der Waals surface area (Å²) in [6.07, 6.45) is 7.18. The molecular formula is C17H20N4O. The highest BCUT2D eigenvalue weighted by Crippen LogP contribution is 2.31. The minimum atomic E-state index is 0.117. The first-order valence-corrected chi connectivity index (χ1v) is 7.97. The van der Waals surface area contributed by atoms with Crippen molar-refractivity contribution >= 4 is 5.91 Å². The summed E-state index contributed by atoms with van der Waals surface area (Å²) >= 11 is 0. The standard InChI is InChI=1S/C17H20N4O/c22-17(15-7-13-3-1-2-4-14(13)8-15)20-16-5-12(6-16)9-21-11-18-10-19-21/h1-4,10-12,15-16H,5-9H2,(H,20,22). The van der Waals surface area contributed by atoms with Gasteiger partial charge in [-0.05, 0) is 42.7 Å². The average Bonchev–Trinajstić information content (AvgIpc) is 3.13. The zero-order valence-corrected chi connectivity index (χ0v) is 12.5. The Hall–Kier alpha value is -2.17. The minimum Gasteiger partial charge on any atom is -0.353 e. The molecule has 114 valence electrons. The molecule has 1 heterocycles. The second-order valence-corrected chi connectivity index (χ2v) is 6.53. The third-order valence-corrected chi connectivity index (χ3v) is 4.92. The van der Waals surface area contributed by atoms with Gasteiger partial charge in [0.15, 0.2) is 0 Å². The monoisotopic (exact) mass is 296 g/mol. The van der Waals surface area contributed by atoms with Crippen molar-refractivity contribution < 1.29 is 4.79 Å². The van der Waals surface area contributed by atoms with Crippen molar-refractivity contribution in [3.05, 3.63) is 48.0 Å². The maximum absolute atomic E-state index is 12.4. The summed E-state index contributed by atoms with van der Waals surface area (Å²) < 4.78 is 1.87. The topological polar surface area (TPSA) is 59.8 Å². The second-order valence-electron chi connectivity index (χ2n) is 6.53. The number of aromatic nitrogens is 3. The van der Waals surface area contributed by atoms with Crippen LogP contribution in [0.1, 0.15) is 24.0 Å². The lowest BCUT2D eigenvalue weighted by atomic mass is 9.80. The van der Waals surface area contributed by atoms with Crippen molar-refractivity contribution in [3.8, 4) is 0 Å². The van der Waals surface area contributed by atoms with Gasteiger partial charge < -0.3 is 5.32 Å². The van der Waals surface area contributed by atoms with Crippen LogP contribution in [-0.4, -0.2) is 26.7 Å². The Morgan fingerprint density at radius 1 is 1.23 bits per heavy atom. The van der Waals surface area contributed by atoms with Crippen molar-refractivity contribution in [1.29, 1.82) is 0 Å². The predicted molar refractivity (Wildman–Crippen MR) is 82.0 cm³/mol. The first-order valence-electron chi connectivity index (χ1n) is 7.97. The van der Waals surface area contributed by atoms with Crippen LogP contribution in [0.25, 0.3) is 0 Å². The maximum Gasteiger partial charge on any atom is 0.223 e. The summed E-state index contributed by atoms with van der Waals surface area (Å²) in [5, 5.41) is 7.35. The molecule has 2 aromatic rings. The summed E-state index contributed by atoms with van der Waals surface area (Å²) in [4.78, 5) is 16.4. The second kappa shape index (κ2) is 5.55. The highest BCUT2D eigenvalue weighted by atomic mass is 16.1. The number of amides is 1. The molecule has 0 saturated heterocycles. The van der Waals surface area contributed by atoms with E-state index in [0.717, 1.165) is 32.2 Å². The first-order chi connectivity index (χ1) is 10.8. The lowest BCUT2D eigenvalue weighted by Crippen LogP contribution is -2.47. The molecule has 0 atom stereocenters. The van der Waals surface area contributed by atoms with Gasteiger partial charge >= 0.3 is 0 Å². The van der Waals surface area contributed by atoms with Gasteiger partial charge in [-0.2, -0.15) is 5.10 Å². The summed E-state index contributed by atoms with van der Waals surface area (Å²) in [6, 6.07) is 8.73. The lowest BCUT2D eigenvalue weighted by Gasteiger charge is -2.36. The zero-order chi connectivity index (χ0) is 14.9. The van der Waals surface area contributed by atoms with Crippen molar-refractivity contribution in [2.75, 3.05) is 0 Å². The van der Waals surface area contributed by atoms with Crippen LogP contribution in [0.2, 0.25) is 0 Å². The van der Waals surface area contributed by atoms with E-state index in [1.807, 2.05) is 4.68 Å². The summed E-state index contributed by atoms with van der Waals surface area (Å²) in [5.74, 6) is 0.944. The highest BCUT2D eigenvalue weighted by molar-refractivity contribution is 5.80. The van der Waals surface area contributed by atoms with E-state index in [-0.39, 0.29) is 11.8 Å². The van der Waals surface area contributed by atoms with Crippen LogP contribution < -0.4 is 5.32 Å². The van der Waals surface area contributed by atoms with Gasteiger partial charge in [0.25, 0.3) is 0 Å². The molecule has 5 nitrogen and oxygen atoms in total. The Labute approximate surface area is 129 Å². The molecule has 1 aromatic carbocycles. The van der Waals surface area contributed by atoms with Gasteiger partial charge in [0.2, 0.25) is 5.91 Å². The van der Waals surface area contributed by atoms with Crippen molar-refractivity contribution in [3.63, 3.8) is 0 Å². The van der Waals surface area contributed by atoms with Gasteiger partial charge in [-0.1, -0.05) is 24.3 Å². The molecule has 0 radical (unpaired) electrons. The molecule has 0 unspecified atom stereocenters. The molecule has 1 amide bonds. The highest BCUT2D eigenvalue weighted by Gasteiger charge is 2.34. The fourth-order valence-electron chi connectivity index (χ4n) is 3.66. The summed E-state index contributed by atoms with van der Waals surface area (Å²) in [5.41, 5.74) is 2.67. The minimum absolute atomic E-state index is 0.117. The van der Waals surface area contributed by atoms with E-state index in [0.29, 0.717) is 12.0 Å². The third kappa shape index (κ3) is 2.63. The van der Waals surface area contributed by atoms with Gasteiger partial charge in [-0.25, -0.2) is 4.98 Å². The first kappa shape index (κ1) is 13.5. The number of benzene rings is 1. The molecule has 1 aromatic heterocycles. The van der Waals surface area contributed by atoms with E-state index in [1.54, 1.807) is 12.7 Å². The van der Waals surface area contributed by atoms with E-state index in [4.69, 9.17) is 0 Å². The van der Waals surface area contributed by atoms with Crippen molar-refractivity contribution in [1.82, 2.24) is 20.1 Å². The molecular weight excluding hydrogens is 276 g/mol. The smallest absolute Gasteiger partial charge is 0.223 e. The fourth-order valence-corrected chi connectivity index (χ4v) is 3.66. The molecule has 5 heteroatoms. The van der Waals surface area contributed by atoms with Gasteiger partial charge in [-0.3, -0.25) is 9.48 Å². The van der Waals surface area contributed by atoms with Gasteiger partial charge in [0.05, 0.1) is 0 Å². The Kier molecular flexibility index (Phi) is 3.41. The Balaban J connectivity index is 1.25. The van der Waals surface area contributed by atoms with Gasteiger partial charge in [0, 0.05) is 18.5 Å². The quantitative estimate of drug-likeness (QED) is 0.932. The molecule has 0 aliphatic heterocycles. The number of fused-ring (bicyclic) bond motifs is 1. The average molecular weight is 296 g/mol. The van der Waals surface area contributed by atoms with Gasteiger partial charge in [-0.15, -0.1) is 0 Å². The molecule has 0 bridgehead atoms. The number of rotatable bonds is 4. The molecule has 2 aliphatic carbocycles. The lowest BCUT2D eigenvalue weighted by molar-refractivity contribution is -0.126. The van der Waals surface area contributed by atoms with Crippen LogP contribution in [0.4, 0.5) is 0 Å². The van der Waals surface area contributed by atoms with E-state index >= 15 is 0 Å². The third-order valence-electron chi connectivity index (χ3n) is 4.92. The van der Waals surface area contributed by atoms with Crippen LogP contribution in [0.3, 0.4) is 0 Å². The predicted octanol–water partition coefficient (Wildman–Crippen LogP) is 1.59. The van der Waals surface area contributed by atoms with Crippen LogP contribution in [0, 0.1) is 11.8 Å². The normalized spacial score (nSPS) is 23.8. The van der Waals surface area contributed by atoms with Crippen LogP contribution in [0.5, 0.6) is 0 Å². The Morgan fingerprint density at radius 2 is 1.95 bits per heavy atom. The number of hydrogen-bond donors (Lipinski definition) is 1. The van der Waals surface area contributed by atoms with E-state index < -0.39 is 0 Å². The molecule has 1 saturated carbocycles.